The largest absolute Gasteiger partial charge is 0.482 e. The third-order valence-electron chi connectivity index (χ3n) is 4.91. The van der Waals surface area contributed by atoms with Crippen molar-refractivity contribution in [3.8, 4) is 5.75 Å². The number of aryl methyl sites for hydroxylation is 1. The number of alkyl halides is 1. The van der Waals surface area contributed by atoms with Crippen molar-refractivity contribution in [3.63, 3.8) is 0 Å². The van der Waals surface area contributed by atoms with Crippen LogP contribution >= 0.6 is 22.6 Å². The van der Waals surface area contributed by atoms with Crippen LogP contribution in [0.4, 0.5) is 0 Å². The van der Waals surface area contributed by atoms with Gasteiger partial charge in [0.1, 0.15) is 5.75 Å². The first-order chi connectivity index (χ1) is 13.8. The highest BCUT2D eigenvalue weighted by atomic mass is 127. The molecule has 1 aromatic rings. The van der Waals surface area contributed by atoms with Crippen molar-refractivity contribution in [1.82, 2.24) is 0 Å². The normalized spacial score (nSPS) is 10.8. The molecule has 0 aliphatic rings. The lowest BCUT2D eigenvalue weighted by molar-refractivity contribution is -0.145. The van der Waals surface area contributed by atoms with Gasteiger partial charge >= 0.3 is 5.97 Å². The minimum atomic E-state index is -0.316. The molecule has 0 fully saturated rings. The topological polar surface area (TPSA) is 35.5 Å². The zero-order valence-electron chi connectivity index (χ0n) is 17.7. The Morgan fingerprint density at radius 2 is 1.43 bits per heavy atom. The Bertz CT molecular complexity index is 504. The number of ether oxygens (including phenoxy) is 2. The van der Waals surface area contributed by atoms with Crippen molar-refractivity contribution in [2.75, 3.05) is 17.6 Å². The number of hydrogen-bond acceptors (Lipinski definition) is 3. The number of halogens is 1. The fourth-order valence-electron chi connectivity index (χ4n) is 3.33. The lowest BCUT2D eigenvalue weighted by Crippen LogP contribution is -2.14. The molecule has 0 aliphatic heterocycles. The van der Waals surface area contributed by atoms with Crippen LogP contribution in [0.15, 0.2) is 24.3 Å². The van der Waals surface area contributed by atoms with Crippen LogP contribution in [0.2, 0.25) is 0 Å². The standard InChI is InChI=1S/C24H39IO3/c1-2-27-24(26)21-28-23-18-15-17-22(20-23)16-13-11-9-7-5-3-4-6-8-10-12-14-19-25/h15,17-18,20H,2-14,16,19,21H2,1H3. The summed E-state index contributed by atoms with van der Waals surface area (Å²) in [5.74, 6) is 0.434. The lowest BCUT2D eigenvalue weighted by atomic mass is 10.0. The van der Waals surface area contributed by atoms with Gasteiger partial charge in [-0.25, -0.2) is 4.79 Å². The molecular weight excluding hydrogens is 463 g/mol. The Kier molecular flexibility index (Phi) is 16.5. The van der Waals surface area contributed by atoms with Gasteiger partial charge in [-0.15, -0.1) is 0 Å². The number of benzene rings is 1. The predicted octanol–water partition coefficient (Wildman–Crippen LogP) is 7.29. The molecule has 1 aromatic carbocycles. The van der Waals surface area contributed by atoms with Gasteiger partial charge in [-0.2, -0.15) is 0 Å². The molecule has 4 heteroatoms. The average Bonchev–Trinajstić information content (AvgIpc) is 2.70. The van der Waals surface area contributed by atoms with Gasteiger partial charge in [0.25, 0.3) is 0 Å². The van der Waals surface area contributed by atoms with E-state index in [0.717, 1.165) is 12.2 Å². The fourth-order valence-corrected chi connectivity index (χ4v) is 3.87. The maximum absolute atomic E-state index is 11.4. The van der Waals surface area contributed by atoms with Gasteiger partial charge in [-0.05, 0) is 48.3 Å². The van der Waals surface area contributed by atoms with E-state index in [1.54, 1.807) is 6.92 Å². The second-order valence-electron chi connectivity index (χ2n) is 7.42. The summed E-state index contributed by atoms with van der Waals surface area (Å²) in [6, 6.07) is 8.07. The molecule has 0 amide bonds. The second kappa shape index (κ2) is 18.3. The zero-order valence-corrected chi connectivity index (χ0v) is 19.9. The highest BCUT2D eigenvalue weighted by Crippen LogP contribution is 2.17. The molecule has 3 nitrogen and oxygen atoms in total. The number of carbonyl (C=O) groups excluding carboxylic acids is 1. The maximum Gasteiger partial charge on any atom is 0.344 e. The molecule has 160 valence electrons. The number of unbranched alkanes of at least 4 members (excludes halogenated alkanes) is 11. The van der Waals surface area contributed by atoms with Crippen LogP contribution in [-0.4, -0.2) is 23.6 Å². The minimum absolute atomic E-state index is 0.0181. The lowest BCUT2D eigenvalue weighted by Gasteiger charge is -2.08. The van der Waals surface area contributed by atoms with Crippen LogP contribution < -0.4 is 4.74 Å². The summed E-state index contributed by atoms with van der Waals surface area (Å²) in [5, 5.41) is 0. The van der Waals surface area contributed by atoms with Gasteiger partial charge in [-0.3, -0.25) is 0 Å². The summed E-state index contributed by atoms with van der Waals surface area (Å²) in [6.07, 6.45) is 17.6. The first-order valence-electron chi connectivity index (χ1n) is 11.2. The van der Waals surface area contributed by atoms with E-state index in [1.165, 1.54) is 87.0 Å². The molecule has 0 N–H and O–H groups in total. The van der Waals surface area contributed by atoms with Gasteiger partial charge in [0, 0.05) is 0 Å². The number of hydrogen-bond donors (Lipinski definition) is 0. The van der Waals surface area contributed by atoms with Crippen molar-refractivity contribution in [1.29, 1.82) is 0 Å². The highest BCUT2D eigenvalue weighted by molar-refractivity contribution is 14.1. The van der Waals surface area contributed by atoms with E-state index in [9.17, 15) is 4.79 Å². The van der Waals surface area contributed by atoms with Gasteiger partial charge in [0.2, 0.25) is 0 Å². The molecule has 0 aliphatic carbocycles. The van der Waals surface area contributed by atoms with Crippen LogP contribution in [0.3, 0.4) is 0 Å². The van der Waals surface area contributed by atoms with Crippen molar-refractivity contribution in [2.45, 2.75) is 90.4 Å². The maximum atomic E-state index is 11.4. The summed E-state index contributed by atoms with van der Waals surface area (Å²) >= 11 is 2.47. The molecule has 0 radical (unpaired) electrons. The van der Waals surface area contributed by atoms with Gasteiger partial charge in [0.15, 0.2) is 6.61 Å². The van der Waals surface area contributed by atoms with Crippen LogP contribution in [0, 0.1) is 0 Å². The third kappa shape index (κ3) is 14.3. The number of carbonyl (C=O) groups is 1. The first-order valence-corrected chi connectivity index (χ1v) is 12.7. The van der Waals surface area contributed by atoms with E-state index in [1.807, 2.05) is 18.2 Å². The smallest absolute Gasteiger partial charge is 0.344 e. The quantitative estimate of drug-likeness (QED) is 0.0916. The summed E-state index contributed by atoms with van der Waals surface area (Å²) < 4.78 is 11.7. The molecule has 0 atom stereocenters. The Balaban J connectivity index is 1.98. The summed E-state index contributed by atoms with van der Waals surface area (Å²) in [6.45, 7) is 2.17. The minimum Gasteiger partial charge on any atom is -0.482 e. The molecule has 28 heavy (non-hydrogen) atoms. The molecule has 0 heterocycles. The molecule has 0 unspecified atom stereocenters. The third-order valence-corrected chi connectivity index (χ3v) is 5.67. The number of esters is 1. The van der Waals surface area contributed by atoms with Crippen molar-refractivity contribution >= 4 is 28.6 Å². The van der Waals surface area contributed by atoms with E-state index in [2.05, 4.69) is 28.7 Å². The molecule has 0 saturated heterocycles. The van der Waals surface area contributed by atoms with Crippen LogP contribution in [-0.2, 0) is 16.0 Å². The van der Waals surface area contributed by atoms with E-state index >= 15 is 0 Å². The SMILES string of the molecule is CCOC(=O)COc1cccc(CCCCCCCCCCCCCCI)c1. The Morgan fingerprint density at radius 1 is 0.857 bits per heavy atom. The molecule has 0 bridgehead atoms. The van der Waals surface area contributed by atoms with Crippen molar-refractivity contribution < 1.29 is 14.3 Å². The number of rotatable bonds is 18. The highest BCUT2D eigenvalue weighted by Gasteiger charge is 2.03. The Labute approximate surface area is 186 Å². The van der Waals surface area contributed by atoms with Crippen LogP contribution in [0.5, 0.6) is 5.75 Å². The first kappa shape index (κ1) is 25.3. The molecule has 0 aromatic heterocycles. The van der Waals surface area contributed by atoms with Crippen LogP contribution in [0.1, 0.15) is 89.5 Å². The van der Waals surface area contributed by atoms with E-state index in [0.29, 0.717) is 6.61 Å². The Hall–Kier alpha value is -0.780. The van der Waals surface area contributed by atoms with E-state index in [-0.39, 0.29) is 12.6 Å². The molecule has 1 rings (SSSR count). The summed E-state index contributed by atoms with van der Waals surface area (Å²) in [7, 11) is 0. The fraction of sp³-hybridized carbons (Fsp3) is 0.708. The monoisotopic (exact) mass is 502 g/mol. The average molecular weight is 502 g/mol. The van der Waals surface area contributed by atoms with Crippen LogP contribution in [0.25, 0.3) is 0 Å². The predicted molar refractivity (Wildman–Crippen MR) is 127 cm³/mol. The zero-order chi connectivity index (χ0) is 20.3. The van der Waals surface area contributed by atoms with Crippen molar-refractivity contribution in [2.24, 2.45) is 0 Å². The van der Waals surface area contributed by atoms with Gasteiger partial charge in [0.05, 0.1) is 6.61 Å². The second-order valence-corrected chi connectivity index (χ2v) is 8.50. The van der Waals surface area contributed by atoms with Gasteiger partial charge in [-0.1, -0.05) is 98.9 Å². The molecule has 0 saturated carbocycles. The van der Waals surface area contributed by atoms with E-state index < -0.39 is 0 Å². The summed E-state index contributed by atoms with van der Waals surface area (Å²) in [4.78, 5) is 11.4. The Morgan fingerprint density at radius 3 is 2.00 bits per heavy atom. The molecular formula is C24H39IO3. The molecule has 0 spiro atoms. The van der Waals surface area contributed by atoms with E-state index in [4.69, 9.17) is 9.47 Å². The summed E-state index contributed by atoms with van der Waals surface area (Å²) in [5.41, 5.74) is 1.28. The van der Waals surface area contributed by atoms with Gasteiger partial charge < -0.3 is 9.47 Å². The van der Waals surface area contributed by atoms with Crippen molar-refractivity contribution in [3.05, 3.63) is 29.8 Å².